The molecule has 1 saturated carbocycles. The van der Waals surface area contributed by atoms with E-state index in [1.807, 2.05) is 6.26 Å². The number of thioether (sulfide) groups is 1. The number of carboxylic acid groups (broad SMARTS) is 1. The van der Waals surface area contributed by atoms with Crippen LogP contribution in [0.1, 0.15) is 26.2 Å². The smallest absolute Gasteiger partial charge is 0.543 e. The molecule has 0 aromatic carbocycles. The largest absolute Gasteiger partial charge is 1.00 e. The van der Waals surface area contributed by atoms with Gasteiger partial charge in [0.15, 0.2) is 0 Å². The van der Waals surface area contributed by atoms with Crippen LogP contribution in [0.3, 0.4) is 0 Å². The first-order valence-corrected chi connectivity index (χ1v) is 8.27. The van der Waals surface area contributed by atoms with Crippen molar-refractivity contribution in [2.45, 2.75) is 43.6 Å². The van der Waals surface area contributed by atoms with Gasteiger partial charge in [-0.3, -0.25) is 4.79 Å². The number of aliphatic carboxylic acids is 1. The molecule has 2 fully saturated rings. The standard InChI is InChI=1S/C14H19NO4S.K/c1-6(16)9-11-7-4-3-5-8(20-2)10(7)12(14(18)19)15(11)13(9)17;/h6-9,11,16H,3-5H2,1-2H3,(H,18,19);/q;+1/p-1. The molecule has 2 heterocycles. The fraction of sp³-hybridized carbons (Fsp3) is 0.714. The molecule has 0 aromatic rings. The van der Waals surface area contributed by atoms with Crippen LogP contribution in [-0.4, -0.2) is 45.5 Å². The van der Waals surface area contributed by atoms with Crippen LogP contribution in [0.5, 0.6) is 0 Å². The van der Waals surface area contributed by atoms with Crippen molar-refractivity contribution in [3.8, 4) is 0 Å². The molecule has 0 radical (unpaired) electrons. The van der Waals surface area contributed by atoms with Gasteiger partial charge in [-0.15, -0.1) is 0 Å². The van der Waals surface area contributed by atoms with Gasteiger partial charge in [-0.05, 0) is 31.6 Å². The van der Waals surface area contributed by atoms with E-state index in [0.717, 1.165) is 24.8 Å². The van der Waals surface area contributed by atoms with Crippen LogP contribution in [0.15, 0.2) is 11.3 Å². The number of hydrogen-bond donors (Lipinski definition) is 1. The van der Waals surface area contributed by atoms with Crippen LogP contribution in [0.2, 0.25) is 0 Å². The first kappa shape index (κ1) is 18.0. The monoisotopic (exact) mass is 335 g/mol. The Balaban J connectivity index is 0.00000161. The zero-order valence-corrected chi connectivity index (χ0v) is 16.5. The zero-order chi connectivity index (χ0) is 14.6. The molecule has 0 bridgehead atoms. The van der Waals surface area contributed by atoms with Crippen molar-refractivity contribution in [3.05, 3.63) is 11.3 Å². The van der Waals surface area contributed by atoms with Gasteiger partial charge in [0.2, 0.25) is 5.91 Å². The van der Waals surface area contributed by atoms with E-state index in [0.29, 0.717) is 0 Å². The number of β-lactam (4-membered cyclic amide) rings is 1. The summed E-state index contributed by atoms with van der Waals surface area (Å²) in [6, 6.07) is -0.180. The van der Waals surface area contributed by atoms with E-state index >= 15 is 0 Å². The molecule has 3 rings (SSSR count). The normalized spacial score (nSPS) is 35.6. The Kier molecular flexibility index (Phi) is 5.67. The fourth-order valence-electron chi connectivity index (χ4n) is 4.07. The summed E-state index contributed by atoms with van der Waals surface area (Å²) in [6.07, 6.45) is 4.10. The first-order valence-electron chi connectivity index (χ1n) is 6.98. The molecule has 0 aromatic heterocycles. The summed E-state index contributed by atoms with van der Waals surface area (Å²) < 4.78 is 0. The fourth-order valence-corrected chi connectivity index (χ4v) is 5.01. The summed E-state index contributed by atoms with van der Waals surface area (Å²) in [5, 5.41) is 21.4. The summed E-state index contributed by atoms with van der Waals surface area (Å²) in [5.74, 6) is -1.92. The number of amides is 1. The minimum atomic E-state index is -1.26. The minimum Gasteiger partial charge on any atom is -0.543 e. The zero-order valence-electron chi connectivity index (χ0n) is 12.5. The Labute approximate surface area is 170 Å². The van der Waals surface area contributed by atoms with Crippen LogP contribution < -0.4 is 56.5 Å². The molecule has 5 nitrogen and oxygen atoms in total. The number of nitrogens with zero attached hydrogens (tertiary/aromatic N) is 1. The van der Waals surface area contributed by atoms with Crippen molar-refractivity contribution in [3.63, 3.8) is 0 Å². The molecule has 2 aliphatic heterocycles. The van der Waals surface area contributed by atoms with E-state index in [2.05, 4.69) is 0 Å². The molecule has 5 atom stereocenters. The molecule has 1 N–H and O–H groups in total. The molecule has 5 unspecified atom stereocenters. The second-order valence-corrected chi connectivity index (χ2v) is 6.86. The maximum atomic E-state index is 12.2. The number of aliphatic hydroxyl groups excluding tert-OH is 1. The van der Waals surface area contributed by atoms with E-state index in [-0.39, 0.29) is 80.2 Å². The summed E-state index contributed by atoms with van der Waals surface area (Å²) >= 11 is 1.64. The number of carboxylic acids is 1. The minimum absolute atomic E-state index is 0. The number of hydrogen-bond acceptors (Lipinski definition) is 5. The van der Waals surface area contributed by atoms with E-state index in [1.54, 1.807) is 18.7 Å². The molecule has 0 spiro atoms. The molecular formula is C14H18KNO4S. The third-order valence-electron chi connectivity index (χ3n) is 4.84. The van der Waals surface area contributed by atoms with E-state index < -0.39 is 18.0 Å². The van der Waals surface area contributed by atoms with E-state index in [9.17, 15) is 19.8 Å². The number of aliphatic hydroxyl groups is 1. The molecule has 1 saturated heterocycles. The average Bonchev–Trinajstić information content (AvgIpc) is 2.69. The quantitative estimate of drug-likeness (QED) is 0.433. The Bertz CT molecular complexity index is 507. The van der Waals surface area contributed by atoms with Crippen molar-refractivity contribution in [1.29, 1.82) is 0 Å². The van der Waals surface area contributed by atoms with Crippen LogP contribution in [0, 0.1) is 11.8 Å². The first-order chi connectivity index (χ1) is 9.49. The van der Waals surface area contributed by atoms with Crippen molar-refractivity contribution in [1.82, 2.24) is 4.90 Å². The molecular weight excluding hydrogens is 317 g/mol. The summed E-state index contributed by atoms with van der Waals surface area (Å²) in [7, 11) is 0. The average molecular weight is 335 g/mol. The van der Waals surface area contributed by atoms with E-state index in [1.165, 1.54) is 4.90 Å². The van der Waals surface area contributed by atoms with Crippen LogP contribution >= 0.6 is 11.8 Å². The Morgan fingerprint density at radius 1 is 1.48 bits per heavy atom. The maximum Gasteiger partial charge on any atom is 1.00 e. The van der Waals surface area contributed by atoms with Gasteiger partial charge in [-0.1, -0.05) is 6.42 Å². The third kappa shape index (κ3) is 2.58. The predicted octanol–water partition coefficient (Wildman–Crippen LogP) is -3.25. The maximum absolute atomic E-state index is 12.2. The summed E-state index contributed by atoms with van der Waals surface area (Å²) in [4.78, 5) is 25.0. The Morgan fingerprint density at radius 3 is 2.67 bits per heavy atom. The van der Waals surface area contributed by atoms with Crippen LogP contribution in [0.4, 0.5) is 0 Å². The van der Waals surface area contributed by atoms with Crippen molar-refractivity contribution >= 4 is 23.6 Å². The van der Waals surface area contributed by atoms with Crippen molar-refractivity contribution in [2.75, 3.05) is 6.26 Å². The number of carbonyl (C=O) groups excluding carboxylic acids is 2. The molecule has 21 heavy (non-hydrogen) atoms. The van der Waals surface area contributed by atoms with Gasteiger partial charge >= 0.3 is 51.4 Å². The Hall–Kier alpha value is 0.626. The predicted molar refractivity (Wildman–Crippen MR) is 72.5 cm³/mol. The van der Waals surface area contributed by atoms with E-state index in [4.69, 9.17) is 0 Å². The molecule has 1 aliphatic carbocycles. The SMILES string of the molecule is CSC1CCCC2C1=C(C(=O)[O-])N1C(=O)C(C(C)O)C21.[K+]. The van der Waals surface area contributed by atoms with Gasteiger partial charge in [0, 0.05) is 11.2 Å². The Morgan fingerprint density at radius 2 is 2.14 bits per heavy atom. The van der Waals surface area contributed by atoms with Gasteiger partial charge in [0.25, 0.3) is 0 Å². The topological polar surface area (TPSA) is 80.7 Å². The molecule has 1 amide bonds. The van der Waals surface area contributed by atoms with Gasteiger partial charge in [0.1, 0.15) is 0 Å². The summed E-state index contributed by atoms with van der Waals surface area (Å²) in [5.41, 5.74) is 0.950. The molecule has 3 aliphatic rings. The second kappa shape index (κ2) is 6.63. The van der Waals surface area contributed by atoms with Gasteiger partial charge in [0.05, 0.1) is 29.7 Å². The van der Waals surface area contributed by atoms with Crippen molar-refractivity contribution in [2.24, 2.45) is 11.8 Å². The number of fused-ring (bicyclic) bond motifs is 3. The summed E-state index contributed by atoms with van der Waals surface area (Å²) in [6.45, 7) is 1.60. The second-order valence-electron chi connectivity index (χ2n) is 5.82. The number of rotatable bonds is 3. The molecule has 7 heteroatoms. The van der Waals surface area contributed by atoms with Gasteiger partial charge in [-0.25, -0.2) is 0 Å². The van der Waals surface area contributed by atoms with Crippen LogP contribution in [-0.2, 0) is 9.59 Å². The van der Waals surface area contributed by atoms with Gasteiger partial charge in [-0.2, -0.15) is 11.8 Å². The molecule has 110 valence electrons. The van der Waals surface area contributed by atoms with Gasteiger partial charge < -0.3 is 19.9 Å². The van der Waals surface area contributed by atoms with Crippen molar-refractivity contribution < 1.29 is 71.2 Å². The third-order valence-corrected chi connectivity index (χ3v) is 5.90. The number of carbonyl (C=O) groups is 2. The van der Waals surface area contributed by atoms with Crippen LogP contribution in [0.25, 0.3) is 0 Å².